The predicted molar refractivity (Wildman–Crippen MR) is 71.8 cm³/mol. The number of fused-ring (bicyclic) bond motifs is 2. The van der Waals surface area contributed by atoms with Gasteiger partial charge >= 0.3 is 0 Å². The molecular weight excluding hydrogens is 208 g/mol. The monoisotopic (exact) mass is 236 g/mol. The summed E-state index contributed by atoms with van der Waals surface area (Å²) in [5.74, 6) is 0.877. The van der Waals surface area contributed by atoms with Crippen molar-refractivity contribution in [3.8, 4) is 0 Å². The Hall–Kier alpha value is -0.0800. The summed E-state index contributed by atoms with van der Waals surface area (Å²) in [4.78, 5) is 2.89. The predicted octanol–water partition coefficient (Wildman–Crippen LogP) is 2.77. The third-order valence-corrected chi connectivity index (χ3v) is 5.50. The molecule has 0 aromatic heterocycles. The number of nitrogens with two attached hydrogens (primary N) is 1. The summed E-state index contributed by atoms with van der Waals surface area (Å²) in [6, 6.07) is 2.94. The van der Waals surface area contributed by atoms with Gasteiger partial charge in [0.15, 0.2) is 0 Å². The number of rotatable bonds is 1. The van der Waals surface area contributed by atoms with Crippen molar-refractivity contribution in [2.24, 2.45) is 17.1 Å². The lowest BCUT2D eigenvalue weighted by atomic mass is 9.90. The Kier molecular flexibility index (Phi) is 2.79. The van der Waals surface area contributed by atoms with E-state index in [9.17, 15) is 0 Å². The number of hydrogen-bond acceptors (Lipinski definition) is 2. The van der Waals surface area contributed by atoms with Gasteiger partial charge in [0.05, 0.1) is 0 Å². The molecule has 3 aliphatic rings. The lowest BCUT2D eigenvalue weighted by Crippen LogP contribution is -2.52. The van der Waals surface area contributed by atoms with E-state index in [2.05, 4.69) is 25.7 Å². The first-order chi connectivity index (χ1) is 7.96. The fraction of sp³-hybridized carbons (Fsp3) is 1.00. The molecule has 2 heteroatoms. The first kappa shape index (κ1) is 12.0. The maximum atomic E-state index is 6.18. The molecule has 1 aliphatic carbocycles. The second-order valence-corrected chi connectivity index (χ2v) is 7.68. The van der Waals surface area contributed by atoms with Crippen molar-refractivity contribution in [2.45, 2.75) is 83.5 Å². The van der Waals surface area contributed by atoms with E-state index in [4.69, 9.17) is 5.73 Å². The first-order valence-corrected chi connectivity index (χ1v) is 7.49. The normalized spacial score (nSPS) is 49.8. The van der Waals surface area contributed by atoms with Crippen LogP contribution in [-0.2, 0) is 0 Å². The average Bonchev–Trinajstić information content (AvgIpc) is 2.61. The van der Waals surface area contributed by atoms with E-state index < -0.39 is 0 Å². The molecular formula is C15H28N2. The minimum Gasteiger partial charge on any atom is -0.328 e. The van der Waals surface area contributed by atoms with Gasteiger partial charge in [0, 0.05) is 24.2 Å². The van der Waals surface area contributed by atoms with Crippen molar-refractivity contribution in [3.05, 3.63) is 0 Å². The van der Waals surface area contributed by atoms with Crippen molar-refractivity contribution in [1.29, 1.82) is 0 Å². The molecule has 2 bridgehead atoms. The summed E-state index contributed by atoms with van der Waals surface area (Å²) in [5.41, 5.74) is 6.74. The molecule has 3 rings (SSSR count). The summed E-state index contributed by atoms with van der Waals surface area (Å²) in [6.45, 7) is 7.36. The van der Waals surface area contributed by atoms with Crippen LogP contribution in [0.4, 0.5) is 0 Å². The van der Waals surface area contributed by atoms with Gasteiger partial charge in [-0.15, -0.1) is 0 Å². The molecule has 3 fully saturated rings. The molecule has 2 N–H and O–H groups in total. The Morgan fingerprint density at radius 1 is 1.06 bits per heavy atom. The highest BCUT2D eigenvalue weighted by Crippen LogP contribution is 2.48. The van der Waals surface area contributed by atoms with Crippen LogP contribution in [0.5, 0.6) is 0 Å². The summed E-state index contributed by atoms with van der Waals surface area (Å²) in [5, 5.41) is 0. The molecule has 0 radical (unpaired) electrons. The highest BCUT2D eigenvalue weighted by molar-refractivity contribution is 5.03. The molecule has 4 atom stereocenters. The second kappa shape index (κ2) is 3.96. The number of nitrogens with zero attached hydrogens (tertiary/aromatic N) is 1. The molecule has 98 valence electrons. The molecule has 2 nitrogen and oxygen atoms in total. The van der Waals surface area contributed by atoms with Crippen LogP contribution in [0.2, 0.25) is 0 Å². The molecule has 2 saturated heterocycles. The van der Waals surface area contributed by atoms with Crippen molar-refractivity contribution in [3.63, 3.8) is 0 Å². The molecule has 0 amide bonds. The zero-order valence-corrected chi connectivity index (χ0v) is 11.7. The van der Waals surface area contributed by atoms with Gasteiger partial charge in [-0.05, 0) is 49.9 Å². The van der Waals surface area contributed by atoms with E-state index >= 15 is 0 Å². The maximum Gasteiger partial charge on any atom is 0.0132 e. The highest BCUT2D eigenvalue weighted by Gasteiger charge is 2.48. The fourth-order valence-corrected chi connectivity index (χ4v) is 5.05. The zero-order chi connectivity index (χ0) is 12.2. The third kappa shape index (κ3) is 2.04. The topological polar surface area (TPSA) is 29.3 Å². The van der Waals surface area contributed by atoms with Gasteiger partial charge in [0.2, 0.25) is 0 Å². The summed E-state index contributed by atoms with van der Waals surface area (Å²) >= 11 is 0. The standard InChI is InChI=1S/C15H28N2/c1-10-8-15(2,3)9-14(10)17-12-4-5-13(17)7-11(16)6-12/h10-14H,4-9,16H2,1-3H3. The molecule has 1 saturated carbocycles. The smallest absolute Gasteiger partial charge is 0.0132 e. The van der Waals surface area contributed by atoms with E-state index in [-0.39, 0.29) is 0 Å². The largest absolute Gasteiger partial charge is 0.328 e. The molecule has 0 spiro atoms. The van der Waals surface area contributed by atoms with Crippen molar-refractivity contribution >= 4 is 0 Å². The Morgan fingerprint density at radius 3 is 2.12 bits per heavy atom. The Labute approximate surface area is 106 Å². The molecule has 0 aromatic rings. The van der Waals surface area contributed by atoms with Crippen LogP contribution in [-0.4, -0.2) is 29.1 Å². The van der Waals surface area contributed by atoms with Gasteiger partial charge in [-0.25, -0.2) is 0 Å². The van der Waals surface area contributed by atoms with E-state index in [1.165, 1.54) is 38.5 Å². The van der Waals surface area contributed by atoms with Crippen LogP contribution in [0.15, 0.2) is 0 Å². The quantitative estimate of drug-likeness (QED) is 0.758. The fourth-order valence-electron chi connectivity index (χ4n) is 5.05. The minimum absolute atomic E-state index is 0.480. The number of piperidine rings is 1. The van der Waals surface area contributed by atoms with Crippen LogP contribution in [0.1, 0.15) is 59.3 Å². The SMILES string of the molecule is CC1CC(C)(C)CC1N1C2CCC1CC(N)C2. The second-order valence-electron chi connectivity index (χ2n) is 7.68. The maximum absolute atomic E-state index is 6.18. The van der Waals surface area contributed by atoms with Gasteiger partial charge < -0.3 is 5.73 Å². The first-order valence-electron chi connectivity index (χ1n) is 7.49. The van der Waals surface area contributed by atoms with Gasteiger partial charge in [0.25, 0.3) is 0 Å². The van der Waals surface area contributed by atoms with E-state index in [1.807, 2.05) is 0 Å². The summed E-state index contributed by atoms with van der Waals surface area (Å²) in [7, 11) is 0. The highest BCUT2D eigenvalue weighted by atomic mass is 15.3. The van der Waals surface area contributed by atoms with Crippen LogP contribution in [0.25, 0.3) is 0 Å². The molecule has 4 unspecified atom stereocenters. The Bertz CT molecular complexity index is 285. The summed E-state index contributed by atoms with van der Waals surface area (Å²) < 4.78 is 0. The van der Waals surface area contributed by atoms with Crippen LogP contribution < -0.4 is 5.73 Å². The van der Waals surface area contributed by atoms with E-state index in [0.29, 0.717) is 11.5 Å². The lowest BCUT2D eigenvalue weighted by Gasteiger charge is -2.43. The van der Waals surface area contributed by atoms with Crippen molar-refractivity contribution in [2.75, 3.05) is 0 Å². The molecule has 0 aromatic carbocycles. The van der Waals surface area contributed by atoms with Crippen molar-refractivity contribution in [1.82, 2.24) is 4.90 Å². The van der Waals surface area contributed by atoms with E-state index in [0.717, 1.165) is 24.0 Å². The summed E-state index contributed by atoms with van der Waals surface area (Å²) in [6.07, 6.45) is 8.11. The minimum atomic E-state index is 0.480. The van der Waals surface area contributed by atoms with E-state index in [1.54, 1.807) is 0 Å². The zero-order valence-electron chi connectivity index (χ0n) is 11.7. The third-order valence-electron chi connectivity index (χ3n) is 5.50. The Morgan fingerprint density at radius 2 is 1.65 bits per heavy atom. The number of hydrogen-bond donors (Lipinski definition) is 1. The molecule has 17 heavy (non-hydrogen) atoms. The van der Waals surface area contributed by atoms with Gasteiger partial charge in [-0.3, -0.25) is 4.90 Å². The molecule has 2 aliphatic heterocycles. The van der Waals surface area contributed by atoms with Crippen molar-refractivity contribution < 1.29 is 0 Å². The average molecular weight is 236 g/mol. The van der Waals surface area contributed by atoms with Gasteiger partial charge in [-0.2, -0.15) is 0 Å². The molecule has 2 heterocycles. The van der Waals surface area contributed by atoms with Gasteiger partial charge in [-0.1, -0.05) is 20.8 Å². The van der Waals surface area contributed by atoms with Gasteiger partial charge in [0.1, 0.15) is 0 Å². The Balaban J connectivity index is 1.77. The van der Waals surface area contributed by atoms with Crippen LogP contribution in [0.3, 0.4) is 0 Å². The lowest BCUT2D eigenvalue weighted by molar-refractivity contribution is 0.0589. The van der Waals surface area contributed by atoms with Crippen LogP contribution >= 0.6 is 0 Å². The van der Waals surface area contributed by atoms with Crippen LogP contribution in [0, 0.1) is 11.3 Å².